The fourth-order valence-corrected chi connectivity index (χ4v) is 7.81. The van der Waals surface area contributed by atoms with Crippen molar-refractivity contribution < 1.29 is 20.1 Å². The van der Waals surface area contributed by atoms with Crippen LogP contribution in [0.2, 0.25) is 0 Å². The molecule has 0 N–H and O–H groups in total. The maximum Gasteiger partial charge on any atom is 0.0239 e. The van der Waals surface area contributed by atoms with Crippen molar-refractivity contribution in [2.45, 2.75) is 58.8 Å². The maximum atomic E-state index is 4.75. The molecular formula is C44H40IrN2S-2. The zero-order chi connectivity index (χ0) is 32.0. The molecule has 1 saturated carbocycles. The second-order valence-electron chi connectivity index (χ2n) is 12.9. The second kappa shape index (κ2) is 16.0. The minimum absolute atomic E-state index is 0. The predicted octanol–water partition coefficient (Wildman–Crippen LogP) is 11.8. The molecule has 1 aliphatic rings. The van der Waals surface area contributed by atoms with Gasteiger partial charge in [-0.2, -0.15) is 11.3 Å². The fourth-order valence-electron chi connectivity index (χ4n) is 6.74. The van der Waals surface area contributed by atoms with Crippen LogP contribution in [-0.4, -0.2) is 9.97 Å². The minimum Gasteiger partial charge on any atom is -0.304 e. The molecular weight excluding hydrogens is 781 g/mol. The molecule has 4 heteroatoms. The third-order valence-corrected chi connectivity index (χ3v) is 10.6. The summed E-state index contributed by atoms with van der Waals surface area (Å²) in [6, 6.07) is 42.7. The number of hydrogen-bond acceptors (Lipinski definition) is 3. The Balaban J connectivity index is 0.000000171. The van der Waals surface area contributed by atoms with E-state index in [0.29, 0.717) is 0 Å². The first kappa shape index (κ1) is 33.9. The Kier molecular flexibility index (Phi) is 11.3. The monoisotopic (exact) mass is 821 g/mol. The summed E-state index contributed by atoms with van der Waals surface area (Å²) in [7, 11) is 0. The molecule has 0 spiro atoms. The molecule has 8 rings (SSSR count). The van der Waals surface area contributed by atoms with E-state index in [-0.39, 0.29) is 20.1 Å². The van der Waals surface area contributed by atoms with Crippen LogP contribution >= 0.6 is 11.3 Å². The van der Waals surface area contributed by atoms with E-state index in [1.54, 1.807) is 0 Å². The van der Waals surface area contributed by atoms with Crippen molar-refractivity contribution in [3.05, 3.63) is 155 Å². The maximum absolute atomic E-state index is 4.75. The summed E-state index contributed by atoms with van der Waals surface area (Å²) in [4.78, 5) is 9.32. The fraction of sp³-hybridized carbons (Fsp3) is 0.227. The summed E-state index contributed by atoms with van der Waals surface area (Å²) in [5.74, 6) is 0.873. The van der Waals surface area contributed by atoms with Gasteiger partial charge in [0.2, 0.25) is 0 Å². The Morgan fingerprint density at radius 2 is 1.42 bits per heavy atom. The average Bonchev–Trinajstić information content (AvgIpc) is 3.50. The number of thiophene rings is 1. The van der Waals surface area contributed by atoms with E-state index in [9.17, 15) is 0 Å². The van der Waals surface area contributed by atoms with E-state index in [0.717, 1.165) is 34.9 Å². The van der Waals surface area contributed by atoms with Gasteiger partial charge in [-0.3, -0.25) is 0 Å². The number of nitrogens with zero attached hydrogens (tertiary/aromatic N) is 2. The van der Waals surface area contributed by atoms with Crippen LogP contribution in [0.4, 0.5) is 0 Å². The molecule has 2 nitrogen and oxygen atoms in total. The van der Waals surface area contributed by atoms with Gasteiger partial charge >= 0.3 is 0 Å². The average molecular weight is 821 g/mol. The van der Waals surface area contributed by atoms with Crippen LogP contribution in [-0.2, 0) is 32.9 Å². The molecule has 3 aromatic heterocycles. The second-order valence-corrected chi connectivity index (χ2v) is 13.9. The summed E-state index contributed by atoms with van der Waals surface area (Å²) in [6.07, 6.45) is 13.2. The van der Waals surface area contributed by atoms with E-state index in [1.165, 1.54) is 86.5 Å². The number of benzene rings is 4. The number of fused-ring (bicyclic) bond motifs is 3. The molecule has 1 fully saturated rings. The van der Waals surface area contributed by atoms with Gasteiger partial charge in [-0.25, -0.2) is 0 Å². The first-order valence-electron chi connectivity index (χ1n) is 16.9. The smallest absolute Gasteiger partial charge is 0.0239 e. The van der Waals surface area contributed by atoms with Gasteiger partial charge in [0, 0.05) is 37.2 Å². The quantitative estimate of drug-likeness (QED) is 0.156. The Bertz CT molecular complexity index is 2100. The Morgan fingerprint density at radius 3 is 2.21 bits per heavy atom. The van der Waals surface area contributed by atoms with Gasteiger partial charge in [0.1, 0.15) is 0 Å². The summed E-state index contributed by atoms with van der Waals surface area (Å²) >= 11 is 1.82. The molecule has 0 unspecified atom stereocenters. The Morgan fingerprint density at radius 1 is 0.667 bits per heavy atom. The van der Waals surface area contributed by atoms with Gasteiger partial charge in [0.25, 0.3) is 0 Å². The number of pyridine rings is 2. The molecule has 0 atom stereocenters. The van der Waals surface area contributed by atoms with Crippen molar-refractivity contribution in [3.63, 3.8) is 0 Å². The van der Waals surface area contributed by atoms with E-state index in [1.807, 2.05) is 41.9 Å². The van der Waals surface area contributed by atoms with Crippen molar-refractivity contribution in [1.29, 1.82) is 0 Å². The molecule has 4 aromatic carbocycles. The van der Waals surface area contributed by atoms with Crippen LogP contribution in [0, 0.1) is 31.9 Å². The molecule has 48 heavy (non-hydrogen) atoms. The number of rotatable bonds is 6. The van der Waals surface area contributed by atoms with E-state index >= 15 is 0 Å². The van der Waals surface area contributed by atoms with Crippen LogP contribution in [0.15, 0.2) is 116 Å². The molecule has 0 saturated heterocycles. The largest absolute Gasteiger partial charge is 0.304 e. The third kappa shape index (κ3) is 8.01. The van der Waals surface area contributed by atoms with Crippen LogP contribution in [0.5, 0.6) is 0 Å². The summed E-state index contributed by atoms with van der Waals surface area (Å²) < 4.78 is 2.60. The normalized spacial score (nSPS) is 13.1. The minimum atomic E-state index is 0. The van der Waals surface area contributed by atoms with Crippen LogP contribution in [0.25, 0.3) is 42.7 Å². The van der Waals surface area contributed by atoms with Crippen molar-refractivity contribution in [2.24, 2.45) is 5.92 Å². The molecule has 1 aliphatic carbocycles. The molecule has 0 amide bonds. The van der Waals surface area contributed by atoms with Crippen LogP contribution in [0.3, 0.4) is 0 Å². The van der Waals surface area contributed by atoms with Gasteiger partial charge in [-0.1, -0.05) is 109 Å². The molecule has 0 bridgehead atoms. The first-order chi connectivity index (χ1) is 23.1. The van der Waals surface area contributed by atoms with Crippen molar-refractivity contribution >= 4 is 31.5 Å². The zero-order valence-corrected chi connectivity index (χ0v) is 30.8. The zero-order valence-electron chi connectivity index (χ0n) is 27.6. The Hall–Kier alpha value is -3.95. The van der Waals surface area contributed by atoms with Gasteiger partial charge in [0.15, 0.2) is 0 Å². The van der Waals surface area contributed by atoms with Crippen LogP contribution in [0.1, 0.15) is 59.9 Å². The molecule has 7 aromatic rings. The number of aromatic nitrogens is 2. The third-order valence-electron chi connectivity index (χ3n) is 9.48. The molecule has 1 radical (unpaired) electrons. The topological polar surface area (TPSA) is 25.8 Å². The van der Waals surface area contributed by atoms with Gasteiger partial charge < -0.3 is 9.97 Å². The molecule has 3 heterocycles. The standard InChI is InChI=1S/C25H18NS.C19H22N.Ir/c1-17-13-23(26-16-20(17)14-18-7-3-2-4-8-18)19-11-12-25-22(15-19)21-9-5-6-10-24(21)27-25;1-15-14-20-19(17-10-6-3-7-11-17)13-18(15)12-16-8-4-2-5-9-16;/h2-10,12-13,15-16H,14H2,1H3;3,6-7,10,13-14,16H,2,4-5,8-9,12H2,1H3;/q2*-1;. The molecule has 0 aliphatic heterocycles. The summed E-state index contributed by atoms with van der Waals surface area (Å²) in [5.41, 5.74) is 10.9. The van der Waals surface area contributed by atoms with E-state index in [2.05, 4.69) is 116 Å². The first-order valence-corrected chi connectivity index (χ1v) is 17.7. The number of hydrogen-bond donors (Lipinski definition) is 0. The van der Waals surface area contributed by atoms with E-state index in [4.69, 9.17) is 4.98 Å². The summed E-state index contributed by atoms with van der Waals surface area (Å²) in [5, 5.41) is 2.60. The summed E-state index contributed by atoms with van der Waals surface area (Å²) in [6.45, 7) is 4.35. The van der Waals surface area contributed by atoms with Crippen molar-refractivity contribution in [2.75, 3.05) is 0 Å². The van der Waals surface area contributed by atoms with Crippen molar-refractivity contribution in [1.82, 2.24) is 9.97 Å². The van der Waals surface area contributed by atoms with Gasteiger partial charge in [-0.15, -0.1) is 59.7 Å². The molecule has 243 valence electrons. The van der Waals surface area contributed by atoms with E-state index < -0.39 is 0 Å². The van der Waals surface area contributed by atoms with Gasteiger partial charge in [-0.05, 0) is 76.8 Å². The van der Waals surface area contributed by atoms with Gasteiger partial charge in [0.05, 0.1) is 0 Å². The van der Waals surface area contributed by atoms with Crippen LogP contribution < -0.4 is 0 Å². The predicted molar refractivity (Wildman–Crippen MR) is 199 cm³/mol. The number of aryl methyl sites for hydroxylation is 2. The Labute approximate surface area is 302 Å². The van der Waals surface area contributed by atoms with Crippen molar-refractivity contribution in [3.8, 4) is 22.5 Å². The SMILES string of the molecule is Cc1cc(-c2[c-]cc3sc4ccccc4c3c2)ncc1Cc1ccccc1.Cc1cnc(-c2[c-]cccc2)cc1CC1CCCCC1.[Ir].